The van der Waals surface area contributed by atoms with Crippen molar-refractivity contribution in [2.24, 2.45) is 5.92 Å². The molecular formula is C37H28O7. The van der Waals surface area contributed by atoms with Crippen molar-refractivity contribution in [1.82, 2.24) is 0 Å². The summed E-state index contributed by atoms with van der Waals surface area (Å²) < 4.78 is 28.4. The van der Waals surface area contributed by atoms with Crippen LogP contribution in [-0.4, -0.2) is 24.7 Å². The highest BCUT2D eigenvalue weighted by molar-refractivity contribution is 5.79. The summed E-state index contributed by atoms with van der Waals surface area (Å²) in [6.07, 6.45) is 0. The second kappa shape index (κ2) is 10.7. The molecule has 218 valence electrons. The molecule has 1 aliphatic carbocycles. The first-order chi connectivity index (χ1) is 21.6. The maximum Gasteiger partial charge on any atom is 0.308 e. The zero-order valence-electron chi connectivity index (χ0n) is 23.6. The molecule has 7 heteroatoms. The number of carboxylic acid groups (broad SMARTS) is 1. The van der Waals surface area contributed by atoms with Crippen molar-refractivity contribution in [1.29, 1.82) is 0 Å². The Kier molecular flexibility index (Phi) is 6.37. The summed E-state index contributed by atoms with van der Waals surface area (Å²) in [7, 11) is 0. The summed E-state index contributed by atoms with van der Waals surface area (Å²) in [5.74, 6) is 0.935. The van der Waals surface area contributed by atoms with Gasteiger partial charge in [-0.15, -0.1) is 0 Å². The normalized spacial score (nSPS) is 19.0. The molecule has 3 atom stereocenters. The van der Waals surface area contributed by atoms with Gasteiger partial charge in [-0.1, -0.05) is 72.8 Å². The third-order valence-electron chi connectivity index (χ3n) is 8.71. The lowest BCUT2D eigenvalue weighted by Gasteiger charge is -2.23. The Morgan fingerprint density at radius 2 is 1.23 bits per heavy atom. The van der Waals surface area contributed by atoms with Crippen LogP contribution in [0.1, 0.15) is 39.7 Å². The summed E-state index contributed by atoms with van der Waals surface area (Å²) in [5.41, 5.74) is 6.81. The molecule has 0 spiro atoms. The number of aliphatic carboxylic acids is 1. The lowest BCUT2D eigenvalue weighted by Crippen LogP contribution is -2.24. The highest BCUT2D eigenvalue weighted by atomic mass is 16.7. The van der Waals surface area contributed by atoms with Gasteiger partial charge >= 0.3 is 5.97 Å². The molecular weight excluding hydrogens is 556 g/mol. The smallest absolute Gasteiger partial charge is 0.308 e. The van der Waals surface area contributed by atoms with Gasteiger partial charge < -0.3 is 28.8 Å². The van der Waals surface area contributed by atoms with Crippen LogP contribution in [0.4, 0.5) is 0 Å². The van der Waals surface area contributed by atoms with Crippen LogP contribution in [0.25, 0.3) is 11.1 Å². The van der Waals surface area contributed by atoms with E-state index in [4.69, 9.17) is 23.7 Å². The van der Waals surface area contributed by atoms with Crippen molar-refractivity contribution < 1.29 is 33.6 Å². The van der Waals surface area contributed by atoms with Crippen molar-refractivity contribution in [3.05, 3.63) is 137 Å². The van der Waals surface area contributed by atoms with Crippen LogP contribution >= 0.6 is 0 Å². The standard InChI is InChI=1S/C37H28O7/c38-37(39)36-34(25-9-14-30-32(17-25)43-20-41-30)28-13-8-24(16-29(28)35(36)26-10-15-31-33(18-26)44-21-42-31)23-6-11-27(12-7-23)40-19-22-4-2-1-3-5-22/h1-18,34-36H,19-21H2,(H,38,39). The molecule has 0 saturated heterocycles. The van der Waals surface area contributed by atoms with E-state index in [1.807, 2.05) is 91.0 Å². The average molecular weight is 585 g/mol. The summed E-state index contributed by atoms with van der Waals surface area (Å²) >= 11 is 0. The maximum atomic E-state index is 13.1. The third-order valence-corrected chi connectivity index (χ3v) is 8.71. The van der Waals surface area contributed by atoms with Gasteiger partial charge in [-0.25, -0.2) is 0 Å². The molecule has 8 rings (SSSR count). The molecule has 5 aromatic carbocycles. The van der Waals surface area contributed by atoms with Crippen LogP contribution in [-0.2, 0) is 11.4 Å². The van der Waals surface area contributed by atoms with E-state index in [1.165, 1.54) is 0 Å². The Hall–Kier alpha value is -5.43. The Morgan fingerprint density at radius 3 is 1.86 bits per heavy atom. The molecule has 0 radical (unpaired) electrons. The summed E-state index contributed by atoms with van der Waals surface area (Å²) in [6.45, 7) is 0.799. The molecule has 0 aromatic heterocycles. The number of hydrogen-bond donors (Lipinski definition) is 1. The second-order valence-electron chi connectivity index (χ2n) is 11.2. The minimum atomic E-state index is -0.868. The van der Waals surface area contributed by atoms with Gasteiger partial charge in [0.05, 0.1) is 5.92 Å². The first-order valence-corrected chi connectivity index (χ1v) is 14.6. The Bertz CT molecular complexity index is 1870. The lowest BCUT2D eigenvalue weighted by atomic mass is 9.79. The van der Waals surface area contributed by atoms with E-state index < -0.39 is 23.7 Å². The average Bonchev–Trinajstić information content (AvgIpc) is 3.80. The Labute approximate surface area is 254 Å². The number of benzene rings is 5. The number of hydrogen-bond acceptors (Lipinski definition) is 6. The van der Waals surface area contributed by atoms with E-state index in [1.54, 1.807) is 0 Å². The fourth-order valence-electron chi connectivity index (χ4n) is 6.64. The fraction of sp³-hybridized carbons (Fsp3) is 0.162. The molecule has 1 N–H and O–H groups in total. The number of carbonyl (C=O) groups is 1. The van der Waals surface area contributed by atoms with Crippen molar-refractivity contribution >= 4 is 5.97 Å². The zero-order chi connectivity index (χ0) is 29.6. The molecule has 3 unspecified atom stereocenters. The maximum absolute atomic E-state index is 13.1. The summed E-state index contributed by atoms with van der Waals surface area (Å²) in [6, 6.07) is 35.8. The van der Waals surface area contributed by atoms with E-state index in [9.17, 15) is 9.90 Å². The van der Waals surface area contributed by atoms with Gasteiger partial charge in [-0.3, -0.25) is 4.79 Å². The summed E-state index contributed by atoms with van der Waals surface area (Å²) in [4.78, 5) is 13.1. The molecule has 0 bridgehead atoms. The number of ether oxygens (including phenoxy) is 5. The molecule has 0 amide bonds. The lowest BCUT2D eigenvalue weighted by molar-refractivity contribution is -0.142. The Morgan fingerprint density at radius 1 is 0.636 bits per heavy atom. The van der Waals surface area contributed by atoms with Gasteiger partial charge in [-0.05, 0) is 75.3 Å². The van der Waals surface area contributed by atoms with E-state index in [0.29, 0.717) is 29.6 Å². The van der Waals surface area contributed by atoms with Gasteiger partial charge in [-0.2, -0.15) is 0 Å². The molecule has 3 aliphatic rings. The molecule has 2 aliphatic heterocycles. The van der Waals surface area contributed by atoms with Gasteiger partial charge in [0.2, 0.25) is 13.6 Å². The van der Waals surface area contributed by atoms with Crippen LogP contribution in [0.2, 0.25) is 0 Å². The second-order valence-corrected chi connectivity index (χ2v) is 11.2. The molecule has 0 saturated carbocycles. The minimum Gasteiger partial charge on any atom is -0.489 e. The van der Waals surface area contributed by atoms with Gasteiger partial charge in [0.15, 0.2) is 23.0 Å². The quantitative estimate of drug-likeness (QED) is 0.214. The van der Waals surface area contributed by atoms with Crippen molar-refractivity contribution in [3.63, 3.8) is 0 Å². The number of fused-ring (bicyclic) bond motifs is 3. The molecule has 7 nitrogen and oxygen atoms in total. The van der Waals surface area contributed by atoms with Crippen LogP contribution in [0.15, 0.2) is 109 Å². The first-order valence-electron chi connectivity index (χ1n) is 14.6. The first kappa shape index (κ1) is 26.2. The monoisotopic (exact) mass is 584 g/mol. The molecule has 5 aromatic rings. The van der Waals surface area contributed by atoms with Gasteiger partial charge in [0.1, 0.15) is 12.4 Å². The highest BCUT2D eigenvalue weighted by Crippen LogP contribution is 2.55. The highest BCUT2D eigenvalue weighted by Gasteiger charge is 2.47. The van der Waals surface area contributed by atoms with E-state index in [0.717, 1.165) is 44.7 Å². The Balaban J connectivity index is 1.19. The molecule has 2 heterocycles. The topological polar surface area (TPSA) is 83.5 Å². The van der Waals surface area contributed by atoms with Crippen molar-refractivity contribution in [2.45, 2.75) is 18.4 Å². The van der Waals surface area contributed by atoms with Crippen molar-refractivity contribution in [3.8, 4) is 39.9 Å². The van der Waals surface area contributed by atoms with E-state index in [-0.39, 0.29) is 13.6 Å². The minimum absolute atomic E-state index is 0.150. The van der Waals surface area contributed by atoms with Crippen LogP contribution in [0.5, 0.6) is 28.7 Å². The van der Waals surface area contributed by atoms with Crippen LogP contribution < -0.4 is 23.7 Å². The van der Waals surface area contributed by atoms with Crippen molar-refractivity contribution in [2.75, 3.05) is 13.6 Å². The van der Waals surface area contributed by atoms with Gasteiger partial charge in [0.25, 0.3) is 0 Å². The molecule has 44 heavy (non-hydrogen) atoms. The zero-order valence-corrected chi connectivity index (χ0v) is 23.6. The van der Waals surface area contributed by atoms with Gasteiger partial charge in [0, 0.05) is 11.8 Å². The van der Waals surface area contributed by atoms with Crippen LogP contribution in [0, 0.1) is 5.92 Å². The summed E-state index contributed by atoms with van der Waals surface area (Å²) in [5, 5.41) is 10.8. The fourth-order valence-corrected chi connectivity index (χ4v) is 6.64. The number of rotatable bonds is 7. The number of carboxylic acids is 1. The predicted octanol–water partition coefficient (Wildman–Crippen LogP) is 7.37. The predicted molar refractivity (Wildman–Crippen MR) is 163 cm³/mol. The van der Waals surface area contributed by atoms with E-state index >= 15 is 0 Å². The SMILES string of the molecule is O=C(O)C1C(c2ccc3c(c2)OCO3)c2ccc(-c3ccc(OCc4ccccc4)cc3)cc2C1c1ccc2c(c1)OCO2. The third kappa shape index (κ3) is 4.57. The largest absolute Gasteiger partial charge is 0.489 e. The van der Waals surface area contributed by atoms with Crippen LogP contribution in [0.3, 0.4) is 0 Å². The van der Waals surface area contributed by atoms with E-state index in [2.05, 4.69) is 18.2 Å². The molecule has 0 fully saturated rings.